The minimum absolute atomic E-state index is 0.633. The molecule has 9 aromatic carbocycles. The Morgan fingerprint density at radius 3 is 1.77 bits per heavy atom. The summed E-state index contributed by atoms with van der Waals surface area (Å²) < 4.78 is 8.78. The zero-order valence-electron chi connectivity index (χ0n) is 29.9. The molecule has 0 aliphatic rings. The first-order valence-corrected chi connectivity index (χ1v) is 19.6. The van der Waals surface area contributed by atoms with Crippen LogP contribution in [0.5, 0.6) is 0 Å². The smallest absolute Gasteiger partial charge is 0.164 e. The number of furan rings is 1. The van der Waals surface area contributed by atoms with Crippen molar-refractivity contribution in [2.75, 3.05) is 0 Å². The lowest BCUT2D eigenvalue weighted by molar-refractivity contribution is 0.669. The Kier molecular flexibility index (Phi) is 6.76. The third-order valence-corrected chi connectivity index (χ3v) is 12.3. The summed E-state index contributed by atoms with van der Waals surface area (Å²) in [7, 11) is 0. The van der Waals surface area contributed by atoms with E-state index in [1.807, 2.05) is 12.1 Å². The molecule has 56 heavy (non-hydrogen) atoms. The molecular weight excluding hydrogens is 703 g/mol. The van der Waals surface area contributed by atoms with Gasteiger partial charge in [-0.25, -0.2) is 15.0 Å². The maximum atomic E-state index is 6.30. The Bertz CT molecular complexity index is 3560. The maximum Gasteiger partial charge on any atom is 0.164 e. The van der Waals surface area contributed by atoms with Crippen LogP contribution < -0.4 is 0 Å². The number of hydrogen-bond donors (Lipinski definition) is 0. The van der Waals surface area contributed by atoms with Gasteiger partial charge in [0, 0.05) is 47.6 Å². The quantitative estimate of drug-likeness (QED) is 0.169. The molecule has 0 saturated heterocycles. The Morgan fingerprint density at radius 1 is 0.339 bits per heavy atom. The highest BCUT2D eigenvalue weighted by Gasteiger charge is 2.20. The van der Waals surface area contributed by atoms with Crippen LogP contribution in [0.15, 0.2) is 180 Å². The molecule has 4 nitrogen and oxygen atoms in total. The van der Waals surface area contributed by atoms with Crippen molar-refractivity contribution in [2.45, 2.75) is 0 Å². The third kappa shape index (κ3) is 4.75. The van der Waals surface area contributed by atoms with Crippen LogP contribution in [0.2, 0.25) is 0 Å². The predicted octanol–water partition coefficient (Wildman–Crippen LogP) is 14.3. The van der Waals surface area contributed by atoms with Crippen molar-refractivity contribution < 1.29 is 4.42 Å². The molecule has 0 N–H and O–H groups in total. The number of para-hydroxylation sites is 1. The molecule has 3 aromatic heterocycles. The zero-order chi connectivity index (χ0) is 36.7. The average Bonchev–Trinajstić information content (AvgIpc) is 3.84. The predicted molar refractivity (Wildman–Crippen MR) is 234 cm³/mol. The monoisotopic (exact) mass is 731 g/mol. The van der Waals surface area contributed by atoms with Crippen LogP contribution in [0, 0.1) is 0 Å². The molecule has 12 aromatic rings. The van der Waals surface area contributed by atoms with E-state index < -0.39 is 0 Å². The van der Waals surface area contributed by atoms with Gasteiger partial charge in [0.25, 0.3) is 0 Å². The Labute approximate surface area is 325 Å². The molecule has 0 atom stereocenters. The fraction of sp³-hybridized carbons (Fsp3) is 0. The summed E-state index contributed by atoms with van der Waals surface area (Å²) in [5.41, 5.74) is 6.91. The fourth-order valence-electron chi connectivity index (χ4n) is 8.58. The van der Waals surface area contributed by atoms with Crippen molar-refractivity contribution in [2.24, 2.45) is 0 Å². The molecule has 3 heterocycles. The summed E-state index contributed by atoms with van der Waals surface area (Å²) in [5, 5.41) is 11.6. The molecule has 260 valence electrons. The largest absolute Gasteiger partial charge is 0.456 e. The van der Waals surface area contributed by atoms with Gasteiger partial charge in [-0.2, -0.15) is 0 Å². The van der Waals surface area contributed by atoms with E-state index >= 15 is 0 Å². The molecule has 0 saturated carbocycles. The van der Waals surface area contributed by atoms with Crippen LogP contribution in [0.25, 0.3) is 120 Å². The molecular formula is C51H29N3OS. The Hall–Kier alpha value is -7.21. The molecule has 0 bridgehead atoms. The Morgan fingerprint density at radius 2 is 0.929 bits per heavy atom. The summed E-state index contributed by atoms with van der Waals surface area (Å²) in [6.07, 6.45) is 0. The van der Waals surface area contributed by atoms with Crippen LogP contribution in [0.1, 0.15) is 0 Å². The van der Waals surface area contributed by atoms with E-state index in [2.05, 4.69) is 164 Å². The van der Waals surface area contributed by atoms with Crippen molar-refractivity contribution >= 4 is 85.8 Å². The van der Waals surface area contributed by atoms with Gasteiger partial charge >= 0.3 is 0 Å². The summed E-state index contributed by atoms with van der Waals surface area (Å²) in [4.78, 5) is 16.0. The van der Waals surface area contributed by atoms with E-state index in [-0.39, 0.29) is 0 Å². The lowest BCUT2D eigenvalue weighted by atomic mass is 9.92. The Balaban J connectivity index is 1.12. The molecule has 0 fully saturated rings. The molecule has 12 rings (SSSR count). The molecule has 0 unspecified atom stereocenters. The van der Waals surface area contributed by atoms with Crippen molar-refractivity contribution in [1.29, 1.82) is 0 Å². The summed E-state index contributed by atoms with van der Waals surface area (Å²) >= 11 is 1.80. The summed E-state index contributed by atoms with van der Waals surface area (Å²) in [6, 6.07) is 62.1. The number of aromatic nitrogens is 3. The van der Waals surface area contributed by atoms with Crippen LogP contribution >= 0.6 is 11.3 Å². The van der Waals surface area contributed by atoms with E-state index in [9.17, 15) is 0 Å². The summed E-state index contributed by atoms with van der Waals surface area (Å²) in [5.74, 6) is 1.92. The van der Waals surface area contributed by atoms with Gasteiger partial charge in [-0.3, -0.25) is 0 Å². The van der Waals surface area contributed by atoms with Gasteiger partial charge < -0.3 is 4.42 Å². The molecule has 0 radical (unpaired) electrons. The third-order valence-electron chi connectivity index (χ3n) is 11.1. The second-order valence-corrected chi connectivity index (χ2v) is 15.4. The first kappa shape index (κ1) is 31.2. The van der Waals surface area contributed by atoms with E-state index in [1.165, 1.54) is 30.9 Å². The van der Waals surface area contributed by atoms with Crippen molar-refractivity contribution in [1.82, 2.24) is 15.0 Å². The van der Waals surface area contributed by atoms with Crippen LogP contribution in [0.3, 0.4) is 0 Å². The molecule has 0 amide bonds. The second-order valence-electron chi connectivity index (χ2n) is 14.3. The molecule has 0 spiro atoms. The van der Waals surface area contributed by atoms with Crippen molar-refractivity contribution in [3.63, 3.8) is 0 Å². The first-order chi connectivity index (χ1) is 27.7. The minimum atomic E-state index is 0.633. The number of rotatable bonds is 4. The number of fused-ring (bicyclic) bond motifs is 10. The zero-order valence-corrected chi connectivity index (χ0v) is 30.7. The van der Waals surface area contributed by atoms with Crippen LogP contribution in [0.4, 0.5) is 0 Å². The van der Waals surface area contributed by atoms with Crippen molar-refractivity contribution in [3.8, 4) is 45.3 Å². The molecule has 0 aliphatic heterocycles. The standard InChI is InChI=1S/C51H29N3OS/c1-2-13-32-30(12-1)28-43(36-17-6-3-14-33(32)36)51-53-49(31-24-25-39-38-18-8-10-23-46(38)56-47(39)29-31)52-50(54-51)41-27-26-37(34-15-4-5-16-35(34)41)40-20-11-22-45-48(40)42-19-7-9-21-44(42)55-45/h1-29H. The number of benzene rings is 9. The van der Waals surface area contributed by atoms with Gasteiger partial charge in [-0.05, 0) is 79.8 Å². The number of nitrogens with zero attached hydrogens (tertiary/aromatic N) is 3. The molecule has 5 heteroatoms. The van der Waals surface area contributed by atoms with Gasteiger partial charge in [0.15, 0.2) is 17.5 Å². The highest BCUT2D eigenvalue weighted by Crippen LogP contribution is 2.43. The van der Waals surface area contributed by atoms with E-state index in [4.69, 9.17) is 19.4 Å². The second kappa shape index (κ2) is 12.2. The van der Waals surface area contributed by atoms with Gasteiger partial charge in [-0.1, -0.05) is 140 Å². The van der Waals surface area contributed by atoms with E-state index in [0.717, 1.165) is 71.3 Å². The average molecular weight is 732 g/mol. The van der Waals surface area contributed by atoms with Gasteiger partial charge in [0.1, 0.15) is 11.2 Å². The lowest BCUT2D eigenvalue weighted by Gasteiger charge is -2.15. The van der Waals surface area contributed by atoms with E-state index in [0.29, 0.717) is 17.5 Å². The summed E-state index contributed by atoms with van der Waals surface area (Å²) in [6.45, 7) is 0. The highest BCUT2D eigenvalue weighted by molar-refractivity contribution is 7.25. The number of thiophene rings is 1. The highest BCUT2D eigenvalue weighted by atomic mass is 32.1. The van der Waals surface area contributed by atoms with E-state index in [1.54, 1.807) is 11.3 Å². The SMILES string of the molecule is c1ccc2c(c1)cc(-c1nc(-c3ccc4c(c3)sc3ccccc34)nc(-c3ccc(-c4cccc5oc6ccccc6c45)c4ccccc34)n1)c1ccccc12. The van der Waals surface area contributed by atoms with Gasteiger partial charge in [0.2, 0.25) is 0 Å². The fourth-order valence-corrected chi connectivity index (χ4v) is 9.72. The first-order valence-electron chi connectivity index (χ1n) is 18.8. The lowest BCUT2D eigenvalue weighted by Crippen LogP contribution is -2.01. The minimum Gasteiger partial charge on any atom is -0.456 e. The maximum absolute atomic E-state index is 6.30. The normalized spacial score (nSPS) is 11.9. The van der Waals surface area contributed by atoms with Gasteiger partial charge in [0.05, 0.1) is 0 Å². The van der Waals surface area contributed by atoms with Crippen LogP contribution in [-0.4, -0.2) is 15.0 Å². The molecule has 0 aliphatic carbocycles. The number of hydrogen-bond acceptors (Lipinski definition) is 5. The van der Waals surface area contributed by atoms with Crippen LogP contribution in [-0.2, 0) is 0 Å². The topological polar surface area (TPSA) is 51.8 Å². The van der Waals surface area contributed by atoms with Crippen molar-refractivity contribution in [3.05, 3.63) is 176 Å². The van der Waals surface area contributed by atoms with Gasteiger partial charge in [-0.15, -0.1) is 11.3 Å².